The van der Waals surface area contributed by atoms with Gasteiger partial charge in [-0.05, 0) is 79.3 Å². The first-order chi connectivity index (χ1) is 19.3. The number of fused-ring (bicyclic) bond motifs is 1. The summed E-state index contributed by atoms with van der Waals surface area (Å²) >= 11 is 0. The number of rotatable bonds is 10. The molecule has 0 aliphatic heterocycles. The molecule has 0 saturated heterocycles. The zero-order valence-corrected chi connectivity index (χ0v) is 24.1. The molecule has 1 unspecified atom stereocenters. The number of hydrogen-bond acceptors (Lipinski definition) is 5. The smallest absolute Gasteiger partial charge is 0.253 e. The van der Waals surface area contributed by atoms with Gasteiger partial charge in [0.25, 0.3) is 5.56 Å². The SMILES string of the molecule is CCC(C)(C)n1nnnc1C(c1cc2c(C)ccc(C)c2[nH]c1=O)N(CCc1ccccc1)Cc1ccccc1. The number of aromatic amines is 1. The topological polar surface area (TPSA) is 79.7 Å². The van der Waals surface area contributed by atoms with Gasteiger partial charge in [-0.1, -0.05) is 79.7 Å². The lowest BCUT2D eigenvalue weighted by atomic mass is 9.97. The van der Waals surface area contributed by atoms with Crippen molar-refractivity contribution >= 4 is 10.9 Å². The fourth-order valence-electron chi connectivity index (χ4n) is 5.27. The van der Waals surface area contributed by atoms with Gasteiger partial charge in [0.2, 0.25) is 0 Å². The van der Waals surface area contributed by atoms with Crippen LogP contribution in [0.1, 0.15) is 66.9 Å². The van der Waals surface area contributed by atoms with Crippen LogP contribution in [-0.2, 0) is 18.5 Å². The van der Waals surface area contributed by atoms with E-state index in [2.05, 4.69) is 120 Å². The Labute approximate surface area is 235 Å². The van der Waals surface area contributed by atoms with E-state index in [9.17, 15) is 4.79 Å². The maximum Gasteiger partial charge on any atom is 0.253 e. The lowest BCUT2D eigenvalue weighted by Gasteiger charge is -2.34. The van der Waals surface area contributed by atoms with E-state index in [1.165, 1.54) is 11.1 Å². The van der Waals surface area contributed by atoms with Crippen LogP contribution in [-0.4, -0.2) is 36.6 Å². The largest absolute Gasteiger partial charge is 0.321 e. The van der Waals surface area contributed by atoms with Crippen molar-refractivity contribution < 1.29 is 0 Å². The Morgan fingerprint density at radius 3 is 2.25 bits per heavy atom. The van der Waals surface area contributed by atoms with E-state index in [1.54, 1.807) is 0 Å². The summed E-state index contributed by atoms with van der Waals surface area (Å²) in [6, 6.07) is 26.6. The van der Waals surface area contributed by atoms with Gasteiger partial charge in [0.1, 0.15) is 6.04 Å². The molecule has 7 heteroatoms. The van der Waals surface area contributed by atoms with Gasteiger partial charge in [0.15, 0.2) is 5.82 Å². The van der Waals surface area contributed by atoms with Crippen LogP contribution >= 0.6 is 0 Å². The number of nitrogens with one attached hydrogen (secondary N) is 1. The average Bonchev–Trinajstić information content (AvgIpc) is 3.46. The number of benzene rings is 3. The molecule has 0 fully saturated rings. The monoisotopic (exact) mass is 534 g/mol. The quantitative estimate of drug-likeness (QED) is 0.234. The van der Waals surface area contributed by atoms with Crippen LogP contribution in [0, 0.1) is 13.8 Å². The maximum atomic E-state index is 13.9. The highest BCUT2D eigenvalue weighted by Crippen LogP contribution is 2.32. The molecule has 0 aliphatic carbocycles. The van der Waals surface area contributed by atoms with Gasteiger partial charge < -0.3 is 4.98 Å². The summed E-state index contributed by atoms with van der Waals surface area (Å²) in [6.45, 7) is 11.9. The summed E-state index contributed by atoms with van der Waals surface area (Å²) in [7, 11) is 0. The Kier molecular flexibility index (Phi) is 7.94. The molecular weight excluding hydrogens is 496 g/mol. The van der Waals surface area contributed by atoms with E-state index in [1.807, 2.05) is 23.7 Å². The van der Waals surface area contributed by atoms with Crippen molar-refractivity contribution in [2.45, 2.75) is 65.6 Å². The third-order valence-corrected chi connectivity index (χ3v) is 8.07. The van der Waals surface area contributed by atoms with Crippen LogP contribution in [0.5, 0.6) is 0 Å². The van der Waals surface area contributed by atoms with Crippen molar-refractivity contribution in [3.63, 3.8) is 0 Å². The predicted molar refractivity (Wildman–Crippen MR) is 160 cm³/mol. The molecule has 0 radical (unpaired) electrons. The molecule has 5 rings (SSSR count). The summed E-state index contributed by atoms with van der Waals surface area (Å²) in [5.41, 5.74) is 5.64. The van der Waals surface area contributed by atoms with Gasteiger partial charge in [0, 0.05) is 24.0 Å². The molecule has 0 bridgehead atoms. The molecule has 206 valence electrons. The summed E-state index contributed by atoms with van der Waals surface area (Å²) in [5.74, 6) is 0.672. The van der Waals surface area contributed by atoms with Crippen LogP contribution < -0.4 is 5.56 Å². The van der Waals surface area contributed by atoms with Crippen molar-refractivity contribution in [3.05, 3.63) is 123 Å². The van der Waals surface area contributed by atoms with E-state index < -0.39 is 6.04 Å². The molecule has 0 amide bonds. The first-order valence-electron chi connectivity index (χ1n) is 14.0. The number of pyridine rings is 1. The molecule has 40 heavy (non-hydrogen) atoms. The summed E-state index contributed by atoms with van der Waals surface area (Å²) in [4.78, 5) is 19.5. The van der Waals surface area contributed by atoms with Crippen molar-refractivity contribution in [1.82, 2.24) is 30.1 Å². The van der Waals surface area contributed by atoms with E-state index in [0.29, 0.717) is 24.5 Å². The van der Waals surface area contributed by atoms with Gasteiger partial charge >= 0.3 is 0 Å². The molecule has 1 N–H and O–H groups in total. The number of hydrogen-bond donors (Lipinski definition) is 1. The van der Waals surface area contributed by atoms with Crippen molar-refractivity contribution in [2.75, 3.05) is 6.54 Å². The van der Waals surface area contributed by atoms with E-state index in [0.717, 1.165) is 34.9 Å². The van der Waals surface area contributed by atoms with Gasteiger partial charge in [-0.2, -0.15) is 0 Å². The van der Waals surface area contributed by atoms with Gasteiger partial charge in [0.05, 0.1) is 11.1 Å². The normalized spacial score (nSPS) is 12.8. The maximum absolute atomic E-state index is 13.9. The van der Waals surface area contributed by atoms with E-state index in [4.69, 9.17) is 0 Å². The second kappa shape index (κ2) is 11.6. The highest BCUT2D eigenvalue weighted by Gasteiger charge is 2.34. The third kappa shape index (κ3) is 5.61. The van der Waals surface area contributed by atoms with Crippen molar-refractivity contribution in [3.8, 4) is 0 Å². The number of aryl methyl sites for hydroxylation is 2. The van der Waals surface area contributed by atoms with Crippen LogP contribution in [0.15, 0.2) is 83.7 Å². The van der Waals surface area contributed by atoms with Gasteiger partial charge in [-0.3, -0.25) is 9.69 Å². The Morgan fingerprint density at radius 2 is 1.57 bits per heavy atom. The standard InChI is InChI=1S/C33H38N6O/c1-6-33(4,5)39-31(35-36-37-39)30(28-21-27-23(2)17-18-24(3)29(27)34-32(28)40)38(22-26-15-11-8-12-16-26)20-19-25-13-9-7-10-14-25/h7-18,21,30H,6,19-20,22H2,1-5H3,(H,34,40). The zero-order valence-electron chi connectivity index (χ0n) is 24.1. The molecule has 2 heterocycles. The molecule has 1 atom stereocenters. The minimum atomic E-state index is -0.460. The number of nitrogens with zero attached hydrogens (tertiary/aromatic N) is 5. The Morgan fingerprint density at radius 1 is 0.925 bits per heavy atom. The van der Waals surface area contributed by atoms with Crippen LogP contribution in [0.4, 0.5) is 0 Å². The summed E-state index contributed by atoms with van der Waals surface area (Å²) < 4.78 is 1.91. The lowest BCUT2D eigenvalue weighted by Crippen LogP contribution is -2.39. The molecule has 2 aromatic heterocycles. The molecule has 0 saturated carbocycles. The van der Waals surface area contributed by atoms with Crippen molar-refractivity contribution in [1.29, 1.82) is 0 Å². The zero-order chi connectivity index (χ0) is 28.3. The fourth-order valence-corrected chi connectivity index (χ4v) is 5.27. The number of H-pyrrole nitrogens is 1. The highest BCUT2D eigenvalue weighted by atomic mass is 16.1. The lowest BCUT2D eigenvalue weighted by molar-refractivity contribution is 0.190. The summed E-state index contributed by atoms with van der Waals surface area (Å²) in [5, 5.41) is 14.2. The minimum absolute atomic E-state index is 0.118. The third-order valence-electron chi connectivity index (χ3n) is 8.07. The second-order valence-corrected chi connectivity index (χ2v) is 11.3. The number of aromatic nitrogens is 5. The second-order valence-electron chi connectivity index (χ2n) is 11.3. The highest BCUT2D eigenvalue weighted by molar-refractivity contribution is 5.85. The van der Waals surface area contributed by atoms with Crippen molar-refractivity contribution in [2.24, 2.45) is 0 Å². The van der Waals surface area contributed by atoms with E-state index in [-0.39, 0.29) is 11.1 Å². The Balaban J connectivity index is 1.72. The molecule has 0 aliphatic rings. The Hall–Kier alpha value is -4.10. The van der Waals surface area contributed by atoms with Crippen LogP contribution in [0.2, 0.25) is 0 Å². The molecule has 0 spiro atoms. The average molecular weight is 535 g/mol. The number of tetrazole rings is 1. The molecule has 3 aromatic carbocycles. The molecule has 5 aromatic rings. The molecular formula is C33H38N6O. The van der Waals surface area contributed by atoms with Gasteiger partial charge in [-0.25, -0.2) is 4.68 Å². The first kappa shape index (κ1) is 27.5. The van der Waals surface area contributed by atoms with Gasteiger partial charge in [-0.15, -0.1) is 5.10 Å². The van der Waals surface area contributed by atoms with E-state index >= 15 is 0 Å². The van der Waals surface area contributed by atoms with Crippen LogP contribution in [0.25, 0.3) is 10.9 Å². The molecule has 7 nitrogen and oxygen atoms in total. The predicted octanol–water partition coefficient (Wildman–Crippen LogP) is 6.11. The summed E-state index contributed by atoms with van der Waals surface area (Å²) in [6.07, 6.45) is 1.67. The Bertz CT molecular complexity index is 1640. The fraction of sp³-hybridized carbons (Fsp3) is 0.333. The first-order valence-corrected chi connectivity index (χ1v) is 14.0. The minimum Gasteiger partial charge on any atom is -0.321 e. The van der Waals surface area contributed by atoms with Crippen LogP contribution in [0.3, 0.4) is 0 Å².